The van der Waals surface area contributed by atoms with E-state index < -0.39 is 139 Å². The van der Waals surface area contributed by atoms with Gasteiger partial charge in [-0.05, 0) is 47.1 Å². The zero-order chi connectivity index (χ0) is 87.3. The molecule has 0 bridgehead atoms. The molecular formula is C93H133Cl6N2O20P. The molecule has 2 aliphatic heterocycles. The summed E-state index contributed by atoms with van der Waals surface area (Å²) in [4.78, 5) is 59.4. The first-order valence-corrected chi connectivity index (χ1v) is 48.0. The first-order valence-electron chi connectivity index (χ1n) is 44.3. The number of phosphoric acid groups is 1. The second-order valence-corrected chi connectivity index (χ2v) is 38.3. The summed E-state index contributed by atoms with van der Waals surface area (Å²) in [6.45, 7) is 3.68. The summed E-state index contributed by atoms with van der Waals surface area (Å²) in [6.07, 6.45) is 13.1. The fourth-order valence-electron chi connectivity index (χ4n) is 14.5. The third-order valence-corrected chi connectivity index (χ3v) is 23.2. The molecule has 5 aromatic rings. The highest BCUT2D eigenvalue weighted by atomic mass is 35.6. The number of aliphatic hydroxyl groups is 1. The van der Waals surface area contributed by atoms with Crippen LogP contribution < -0.4 is 10.6 Å². The van der Waals surface area contributed by atoms with Crippen LogP contribution in [0.4, 0.5) is 9.59 Å². The van der Waals surface area contributed by atoms with Crippen LogP contribution in [-0.2, 0) is 113 Å². The summed E-state index contributed by atoms with van der Waals surface area (Å²) in [7, 11) is -4.97. The van der Waals surface area contributed by atoms with Gasteiger partial charge in [0.15, 0.2) is 24.8 Å². The first kappa shape index (κ1) is 104. The van der Waals surface area contributed by atoms with Crippen LogP contribution in [0.3, 0.4) is 0 Å². The molecule has 29 heteroatoms. The largest absolute Gasteiger partial charge is 0.475 e. The zero-order valence-electron chi connectivity index (χ0n) is 71.5. The number of unbranched alkanes of at least 4 members (excludes halogenated alkanes) is 25. The maximum absolute atomic E-state index is 16.1. The number of halogens is 6. The Labute approximate surface area is 754 Å². The van der Waals surface area contributed by atoms with Gasteiger partial charge in [-0.15, -0.1) is 0 Å². The average Bonchev–Trinajstić information content (AvgIpc) is 0.772. The van der Waals surface area contributed by atoms with Gasteiger partial charge in [-0.1, -0.05) is 415 Å². The highest BCUT2D eigenvalue weighted by Crippen LogP contribution is 2.54. The number of ether oxygens (including phenoxy) is 11. The van der Waals surface area contributed by atoms with Crippen molar-refractivity contribution in [2.24, 2.45) is 0 Å². The van der Waals surface area contributed by atoms with Gasteiger partial charge in [-0.25, -0.2) is 14.2 Å². The van der Waals surface area contributed by atoms with Gasteiger partial charge in [0.25, 0.3) is 0 Å². The predicted octanol–water partition coefficient (Wildman–Crippen LogP) is 23.4. The standard InChI is InChI=1S/C93H133Cl6N2O20P/c1-4-7-10-13-16-19-22-25-28-46-59-109-76(57-44-26-23-20-17-14-11-8-5-2)60-81(103)120-87-83(101-91(106)114-70-93(97,98)99)89(118-79(67-108-62-71-47-34-29-35-48-71)85(87)121-122(107,115-65-74-53-40-32-41-54-74)116-66-75-55-42-33-43-56-75)112-68-78-84(104)86(82(100-90(105)113-69-92(94,95)96)88(117-78)111-64-73-51-38-31-39-52-73)119-80(102)61-77(110-63-72-49-36-30-37-50-72)58-45-27-24-21-18-15-12-9-6-3/h29-43,47-56,76-79,82-89,104H,4-28,44-46,57-70H2,1-3H3,(H,100,105)(H,101,106)/t76-,77-,78-,79-,82-,83-,84-,85-,86-,87-,88+,89-/m1/s1. The van der Waals surface area contributed by atoms with E-state index in [-0.39, 0.29) is 45.9 Å². The van der Waals surface area contributed by atoms with Crippen molar-refractivity contribution < 1.29 is 94.5 Å². The van der Waals surface area contributed by atoms with Crippen molar-refractivity contribution in [2.75, 3.05) is 33.0 Å². The number of rotatable bonds is 63. The van der Waals surface area contributed by atoms with Crippen molar-refractivity contribution in [1.29, 1.82) is 0 Å². The molecule has 2 saturated heterocycles. The summed E-state index contributed by atoms with van der Waals surface area (Å²) in [6, 6.07) is 42.2. The van der Waals surface area contributed by atoms with E-state index in [4.69, 9.17) is 135 Å². The highest BCUT2D eigenvalue weighted by molar-refractivity contribution is 7.48. The number of esters is 2. The predicted molar refractivity (Wildman–Crippen MR) is 478 cm³/mol. The van der Waals surface area contributed by atoms with Crippen LogP contribution in [0, 0.1) is 0 Å². The van der Waals surface area contributed by atoms with Gasteiger partial charge in [0.1, 0.15) is 49.7 Å². The Bertz CT molecular complexity index is 3580. The Kier molecular flexibility index (Phi) is 51.9. The molecule has 22 nitrogen and oxygen atoms in total. The molecule has 12 atom stereocenters. The van der Waals surface area contributed by atoms with Crippen molar-refractivity contribution in [3.8, 4) is 0 Å². The number of hydrogen-bond acceptors (Lipinski definition) is 20. The van der Waals surface area contributed by atoms with Crippen LogP contribution in [0.25, 0.3) is 0 Å². The number of alkyl halides is 6. The minimum Gasteiger partial charge on any atom is -0.457 e. The second kappa shape index (κ2) is 60.8. The number of benzene rings is 5. The van der Waals surface area contributed by atoms with Gasteiger partial charge in [-0.3, -0.25) is 23.2 Å². The van der Waals surface area contributed by atoms with Crippen LogP contribution in [0.1, 0.15) is 254 Å². The zero-order valence-corrected chi connectivity index (χ0v) is 76.9. The molecule has 2 amide bonds. The van der Waals surface area contributed by atoms with E-state index in [1.165, 1.54) is 77.0 Å². The van der Waals surface area contributed by atoms with Gasteiger partial charge in [-0.2, -0.15) is 0 Å². The van der Waals surface area contributed by atoms with E-state index in [0.717, 1.165) is 114 Å². The summed E-state index contributed by atoms with van der Waals surface area (Å²) in [5.74, 6) is -1.66. The van der Waals surface area contributed by atoms with Crippen LogP contribution >= 0.6 is 77.4 Å². The molecule has 0 aromatic heterocycles. The number of carbonyl (C=O) groups is 4. The maximum atomic E-state index is 16.1. The number of carbonyl (C=O) groups excluding carboxylic acids is 4. The number of alkyl carbamates (subject to hydrolysis) is 2. The summed E-state index contributed by atoms with van der Waals surface area (Å²) >= 11 is 37.0. The van der Waals surface area contributed by atoms with Crippen LogP contribution in [0.5, 0.6) is 0 Å². The van der Waals surface area contributed by atoms with E-state index in [9.17, 15) is 19.5 Å². The second-order valence-electron chi connectivity index (χ2n) is 31.6. The summed E-state index contributed by atoms with van der Waals surface area (Å²) < 4.78 is 102. The molecular weight excluding hydrogens is 1710 g/mol. The highest BCUT2D eigenvalue weighted by Gasteiger charge is 2.56. The Morgan fingerprint density at radius 3 is 1.19 bits per heavy atom. The van der Waals surface area contributed by atoms with E-state index >= 15 is 9.36 Å². The molecule has 5 aromatic carbocycles. The molecule has 0 aliphatic carbocycles. The Balaban J connectivity index is 1.31. The molecule has 2 aliphatic rings. The molecule has 3 N–H and O–H groups in total. The SMILES string of the molecule is CCCCCCCCCCCCO[C@H](CCCCCCCCCCC)CC(=O)O[C@@H]1[C@@H](NC(=O)OCC(Cl)(Cl)Cl)[C@H](OC[C@H]2O[C@H](OCc3ccccc3)[C@H](NC(=O)OCC(Cl)(Cl)Cl)[C@@H](OC(=O)C[C@@H](CCCCCCCCCCC)OCc3ccccc3)[C@@H]2O)O[C@H](COCc2ccccc2)[C@H]1OP(=O)(OCc1ccccc1)OCc1ccccc1. The quantitative estimate of drug-likeness (QED) is 0.0107. The van der Waals surface area contributed by atoms with Crippen molar-refractivity contribution in [1.82, 2.24) is 10.6 Å². The van der Waals surface area contributed by atoms with E-state index in [1.807, 2.05) is 78.9 Å². The smallest absolute Gasteiger partial charge is 0.457 e. The third kappa shape index (κ3) is 44.2. The summed E-state index contributed by atoms with van der Waals surface area (Å²) in [5.41, 5.74) is 3.45. The number of nitrogens with one attached hydrogen (secondary N) is 2. The molecule has 7 rings (SSSR count). The van der Waals surface area contributed by atoms with Gasteiger partial charge in [0.2, 0.25) is 7.59 Å². The molecule has 0 radical (unpaired) electrons. The lowest BCUT2D eigenvalue weighted by molar-refractivity contribution is -0.306. The van der Waals surface area contributed by atoms with Crippen molar-refractivity contribution in [3.63, 3.8) is 0 Å². The lowest BCUT2D eigenvalue weighted by atomic mass is 9.95. The van der Waals surface area contributed by atoms with Crippen molar-refractivity contribution in [3.05, 3.63) is 179 Å². The molecule has 682 valence electrons. The van der Waals surface area contributed by atoms with E-state index in [0.29, 0.717) is 36.1 Å². The normalized spacial score (nSPS) is 19.9. The van der Waals surface area contributed by atoms with Gasteiger partial charge >= 0.3 is 31.9 Å². The van der Waals surface area contributed by atoms with Gasteiger partial charge in [0, 0.05) is 6.61 Å². The Hall–Kier alpha value is -4.89. The topological polar surface area (TPSA) is 259 Å². The Morgan fingerprint density at radius 1 is 0.410 bits per heavy atom. The first-order chi connectivity index (χ1) is 59.1. The lowest BCUT2D eigenvalue weighted by Gasteiger charge is -2.47. The molecule has 2 fully saturated rings. The fourth-order valence-corrected chi connectivity index (χ4v) is 16.2. The molecule has 0 saturated carbocycles. The monoisotopic (exact) mass is 1840 g/mol. The van der Waals surface area contributed by atoms with E-state index in [2.05, 4.69) is 31.4 Å². The Morgan fingerprint density at radius 2 is 0.762 bits per heavy atom. The van der Waals surface area contributed by atoms with Crippen molar-refractivity contribution >= 4 is 102 Å². The number of phosphoric ester groups is 1. The summed E-state index contributed by atoms with van der Waals surface area (Å²) in [5, 5.41) is 18.5. The van der Waals surface area contributed by atoms with Crippen LogP contribution in [0.15, 0.2) is 152 Å². The maximum Gasteiger partial charge on any atom is 0.475 e. The minimum atomic E-state index is -4.97. The molecule has 0 unspecified atom stereocenters. The molecule has 2 heterocycles. The average molecular weight is 1840 g/mol. The van der Waals surface area contributed by atoms with Crippen LogP contribution in [-0.4, -0.2) is 143 Å². The van der Waals surface area contributed by atoms with Gasteiger partial charge < -0.3 is 67.8 Å². The molecule has 122 heavy (non-hydrogen) atoms. The minimum absolute atomic E-state index is 0.0169. The van der Waals surface area contributed by atoms with Gasteiger partial charge in [0.05, 0.1) is 71.3 Å². The fraction of sp³-hybridized carbons (Fsp3) is 0.634. The van der Waals surface area contributed by atoms with Crippen LogP contribution in [0.2, 0.25) is 0 Å². The lowest BCUT2D eigenvalue weighted by Crippen LogP contribution is -2.68. The molecule has 0 spiro atoms. The number of aliphatic hydroxyl groups excluding tert-OH is 1. The number of hydrogen-bond donors (Lipinski definition) is 3. The third-order valence-electron chi connectivity index (χ3n) is 21.2. The number of amides is 2. The van der Waals surface area contributed by atoms with E-state index in [1.54, 1.807) is 72.8 Å². The van der Waals surface area contributed by atoms with Crippen molar-refractivity contribution in [2.45, 2.75) is 340 Å².